The minimum absolute atomic E-state index is 0.00486. The SMILES string of the molecule is COc1cc(S(=O)(=O)N2CC(C)CC(C)C2C)ccc1N. The lowest BCUT2D eigenvalue weighted by Gasteiger charge is -2.40. The summed E-state index contributed by atoms with van der Waals surface area (Å²) in [6, 6.07) is 4.62. The molecule has 1 fully saturated rings. The maximum atomic E-state index is 12.9. The first kappa shape index (κ1) is 16.1. The molecule has 6 heteroatoms. The van der Waals surface area contributed by atoms with Crippen LogP contribution in [0.3, 0.4) is 0 Å². The van der Waals surface area contributed by atoms with E-state index in [1.165, 1.54) is 13.2 Å². The molecule has 1 aromatic rings. The molecule has 1 aliphatic heterocycles. The number of nitrogens with two attached hydrogens (primary N) is 1. The molecule has 0 radical (unpaired) electrons. The molecule has 1 saturated heterocycles. The predicted molar refractivity (Wildman–Crippen MR) is 83.7 cm³/mol. The molecule has 1 heterocycles. The second-order valence-electron chi connectivity index (χ2n) is 6.04. The average Bonchev–Trinajstić information content (AvgIpc) is 2.42. The van der Waals surface area contributed by atoms with Crippen molar-refractivity contribution in [3.05, 3.63) is 18.2 Å². The second-order valence-corrected chi connectivity index (χ2v) is 7.93. The monoisotopic (exact) mass is 312 g/mol. The smallest absolute Gasteiger partial charge is 0.243 e. The van der Waals surface area contributed by atoms with Gasteiger partial charge in [-0.25, -0.2) is 8.42 Å². The van der Waals surface area contributed by atoms with Gasteiger partial charge in [0.05, 0.1) is 17.7 Å². The Balaban J connectivity index is 2.41. The summed E-state index contributed by atoms with van der Waals surface area (Å²) in [5.41, 5.74) is 6.19. The highest BCUT2D eigenvalue weighted by molar-refractivity contribution is 7.89. The van der Waals surface area contributed by atoms with Gasteiger partial charge in [0.2, 0.25) is 10.0 Å². The molecule has 1 aliphatic rings. The molecule has 1 aromatic carbocycles. The molecule has 0 aliphatic carbocycles. The van der Waals surface area contributed by atoms with Crippen molar-refractivity contribution in [1.82, 2.24) is 4.31 Å². The molecule has 3 atom stereocenters. The van der Waals surface area contributed by atoms with E-state index in [4.69, 9.17) is 10.5 Å². The van der Waals surface area contributed by atoms with Crippen LogP contribution in [0.4, 0.5) is 5.69 Å². The number of methoxy groups -OCH3 is 1. The highest BCUT2D eigenvalue weighted by Gasteiger charge is 2.37. The topological polar surface area (TPSA) is 72.6 Å². The summed E-state index contributed by atoms with van der Waals surface area (Å²) in [6.45, 7) is 6.73. The third-order valence-electron chi connectivity index (χ3n) is 4.36. The van der Waals surface area contributed by atoms with Gasteiger partial charge in [-0.1, -0.05) is 13.8 Å². The summed E-state index contributed by atoms with van der Waals surface area (Å²) in [5, 5.41) is 0. The average molecular weight is 312 g/mol. The van der Waals surface area contributed by atoms with Gasteiger partial charge in [0.15, 0.2) is 0 Å². The van der Waals surface area contributed by atoms with Crippen molar-refractivity contribution in [3.8, 4) is 5.75 Å². The number of hydrogen-bond acceptors (Lipinski definition) is 4. The predicted octanol–water partition coefficient (Wildman–Crippen LogP) is 2.33. The van der Waals surface area contributed by atoms with E-state index < -0.39 is 10.0 Å². The van der Waals surface area contributed by atoms with Crippen molar-refractivity contribution in [3.63, 3.8) is 0 Å². The van der Waals surface area contributed by atoms with Gasteiger partial charge < -0.3 is 10.5 Å². The van der Waals surface area contributed by atoms with E-state index in [-0.39, 0.29) is 10.9 Å². The lowest BCUT2D eigenvalue weighted by Crippen LogP contribution is -2.48. The minimum atomic E-state index is -3.53. The summed E-state index contributed by atoms with van der Waals surface area (Å²) >= 11 is 0. The van der Waals surface area contributed by atoms with Crippen molar-refractivity contribution in [2.24, 2.45) is 11.8 Å². The van der Waals surface area contributed by atoms with Crippen LogP contribution < -0.4 is 10.5 Å². The number of sulfonamides is 1. The number of ether oxygens (including phenoxy) is 1. The maximum Gasteiger partial charge on any atom is 0.243 e. The van der Waals surface area contributed by atoms with Crippen LogP contribution in [0.5, 0.6) is 5.75 Å². The van der Waals surface area contributed by atoms with Gasteiger partial charge in [-0.3, -0.25) is 0 Å². The van der Waals surface area contributed by atoms with Crippen molar-refractivity contribution in [2.45, 2.75) is 38.1 Å². The van der Waals surface area contributed by atoms with Gasteiger partial charge >= 0.3 is 0 Å². The van der Waals surface area contributed by atoms with E-state index in [1.807, 2.05) is 6.92 Å². The summed E-state index contributed by atoms with van der Waals surface area (Å²) in [4.78, 5) is 0.238. The van der Waals surface area contributed by atoms with Gasteiger partial charge in [0.1, 0.15) is 5.75 Å². The minimum Gasteiger partial charge on any atom is -0.495 e. The van der Waals surface area contributed by atoms with Gasteiger partial charge in [-0.05, 0) is 37.3 Å². The Labute approximate surface area is 127 Å². The van der Waals surface area contributed by atoms with Gasteiger partial charge in [0.25, 0.3) is 0 Å². The molecule has 0 saturated carbocycles. The molecule has 2 rings (SSSR count). The number of hydrogen-bond donors (Lipinski definition) is 1. The van der Waals surface area contributed by atoms with E-state index in [0.717, 1.165) is 6.42 Å². The molecule has 5 nitrogen and oxygen atoms in total. The number of anilines is 1. The first-order chi connectivity index (χ1) is 9.77. The highest BCUT2D eigenvalue weighted by atomic mass is 32.2. The van der Waals surface area contributed by atoms with Crippen LogP contribution in [0.1, 0.15) is 27.2 Å². The highest BCUT2D eigenvalue weighted by Crippen LogP contribution is 2.33. The number of nitrogen functional groups attached to an aromatic ring is 1. The molecule has 0 amide bonds. The zero-order valence-electron chi connectivity index (χ0n) is 13.0. The van der Waals surface area contributed by atoms with Crippen molar-refractivity contribution < 1.29 is 13.2 Å². The molecule has 0 aromatic heterocycles. The third kappa shape index (κ3) is 3.01. The number of rotatable bonds is 3. The first-order valence-corrected chi connectivity index (χ1v) is 8.66. The molecule has 21 heavy (non-hydrogen) atoms. The normalized spacial score (nSPS) is 27.5. The standard InChI is InChI=1S/C15H24N2O3S/c1-10-7-11(2)12(3)17(9-10)21(18,19)13-5-6-14(16)15(8-13)20-4/h5-6,8,10-12H,7,9,16H2,1-4H3. The van der Waals surface area contributed by atoms with Crippen LogP contribution in [0.2, 0.25) is 0 Å². The fourth-order valence-electron chi connectivity index (χ4n) is 2.97. The quantitative estimate of drug-likeness (QED) is 0.869. The molecule has 0 bridgehead atoms. The van der Waals surface area contributed by atoms with E-state index in [1.54, 1.807) is 16.4 Å². The number of benzene rings is 1. The largest absolute Gasteiger partial charge is 0.495 e. The van der Waals surface area contributed by atoms with E-state index in [2.05, 4.69) is 13.8 Å². The Morgan fingerprint density at radius 3 is 2.57 bits per heavy atom. The summed E-state index contributed by atoms with van der Waals surface area (Å²) in [6.07, 6.45) is 1.05. The van der Waals surface area contributed by atoms with E-state index in [9.17, 15) is 8.42 Å². The fraction of sp³-hybridized carbons (Fsp3) is 0.600. The maximum absolute atomic E-state index is 12.9. The third-order valence-corrected chi connectivity index (χ3v) is 6.30. The summed E-state index contributed by atoms with van der Waals surface area (Å²) in [5.74, 6) is 1.10. The van der Waals surface area contributed by atoms with E-state index >= 15 is 0 Å². The molecule has 118 valence electrons. The Bertz CT molecular complexity index is 615. The van der Waals surface area contributed by atoms with E-state index in [0.29, 0.717) is 29.8 Å². The number of piperidine rings is 1. The molecule has 3 unspecified atom stereocenters. The van der Waals surface area contributed by atoms with Crippen LogP contribution in [0.25, 0.3) is 0 Å². The lowest BCUT2D eigenvalue weighted by atomic mass is 9.88. The van der Waals surface area contributed by atoms with Crippen LogP contribution in [0.15, 0.2) is 23.1 Å². The van der Waals surface area contributed by atoms with Crippen molar-refractivity contribution in [1.29, 1.82) is 0 Å². The van der Waals surface area contributed by atoms with Crippen molar-refractivity contribution >= 4 is 15.7 Å². The summed E-state index contributed by atoms with van der Waals surface area (Å²) in [7, 11) is -2.05. The fourth-order valence-corrected chi connectivity index (χ4v) is 4.83. The lowest BCUT2D eigenvalue weighted by molar-refractivity contribution is 0.157. The molecular weight excluding hydrogens is 288 g/mol. The van der Waals surface area contributed by atoms with Crippen LogP contribution in [-0.2, 0) is 10.0 Å². The first-order valence-electron chi connectivity index (χ1n) is 7.22. The van der Waals surface area contributed by atoms with Crippen LogP contribution >= 0.6 is 0 Å². The Kier molecular flexibility index (Phi) is 4.49. The Morgan fingerprint density at radius 1 is 1.29 bits per heavy atom. The van der Waals surface area contributed by atoms with Crippen LogP contribution in [0, 0.1) is 11.8 Å². The zero-order valence-corrected chi connectivity index (χ0v) is 13.9. The number of nitrogens with zero attached hydrogens (tertiary/aromatic N) is 1. The molecular formula is C15H24N2O3S. The van der Waals surface area contributed by atoms with Gasteiger partial charge in [0, 0.05) is 18.7 Å². The van der Waals surface area contributed by atoms with Crippen molar-refractivity contribution in [2.75, 3.05) is 19.4 Å². The molecule has 0 spiro atoms. The Morgan fingerprint density at radius 2 is 1.95 bits per heavy atom. The molecule has 2 N–H and O–H groups in total. The Hall–Kier alpha value is -1.27. The summed E-state index contributed by atoms with van der Waals surface area (Å²) < 4.78 is 32.5. The van der Waals surface area contributed by atoms with Crippen LogP contribution in [-0.4, -0.2) is 32.4 Å². The van der Waals surface area contributed by atoms with Gasteiger partial charge in [-0.15, -0.1) is 0 Å². The van der Waals surface area contributed by atoms with Gasteiger partial charge in [-0.2, -0.15) is 4.31 Å². The second kappa shape index (κ2) is 5.85. The zero-order chi connectivity index (χ0) is 15.8.